The first-order valence-electron chi connectivity index (χ1n) is 7.92. The van der Waals surface area contributed by atoms with Crippen LogP contribution in [0.25, 0.3) is 0 Å². The van der Waals surface area contributed by atoms with E-state index < -0.39 is 23.7 Å². The van der Waals surface area contributed by atoms with Crippen LogP contribution in [0.4, 0.5) is 4.79 Å². The molecular formula is C16H31NO5. The Morgan fingerprint density at radius 1 is 1.14 bits per heavy atom. The van der Waals surface area contributed by atoms with Gasteiger partial charge in [-0.25, -0.2) is 9.59 Å². The van der Waals surface area contributed by atoms with Crippen molar-refractivity contribution in [3.63, 3.8) is 0 Å². The molecule has 6 nitrogen and oxygen atoms in total. The van der Waals surface area contributed by atoms with Crippen LogP contribution in [-0.2, 0) is 19.0 Å². The third-order valence-corrected chi connectivity index (χ3v) is 2.85. The summed E-state index contributed by atoms with van der Waals surface area (Å²) in [6, 6.07) is -0.684. The third kappa shape index (κ3) is 8.22. The summed E-state index contributed by atoms with van der Waals surface area (Å²) in [4.78, 5) is 25.9. The molecule has 0 aromatic rings. The highest BCUT2D eigenvalue weighted by Crippen LogP contribution is 2.16. The maximum atomic E-state index is 12.3. The van der Waals surface area contributed by atoms with E-state index in [1.165, 1.54) is 12.0 Å². The van der Waals surface area contributed by atoms with Crippen molar-refractivity contribution in [1.82, 2.24) is 4.90 Å². The molecule has 0 rings (SSSR count). The molecule has 0 aliphatic rings. The summed E-state index contributed by atoms with van der Waals surface area (Å²) in [7, 11) is 1.47. The smallest absolute Gasteiger partial charge is 0.412 e. The molecule has 22 heavy (non-hydrogen) atoms. The Hall–Kier alpha value is -1.30. The van der Waals surface area contributed by atoms with Crippen molar-refractivity contribution in [2.24, 2.45) is 0 Å². The quantitative estimate of drug-likeness (QED) is 0.371. The minimum absolute atomic E-state index is 0.0115. The molecule has 0 heterocycles. The number of ether oxygens (including phenoxy) is 3. The van der Waals surface area contributed by atoms with Crippen molar-refractivity contribution in [3.05, 3.63) is 0 Å². The summed E-state index contributed by atoms with van der Waals surface area (Å²) in [5, 5.41) is 0. The van der Waals surface area contributed by atoms with Gasteiger partial charge in [0.25, 0.3) is 0 Å². The molecule has 130 valence electrons. The SMILES string of the molecule is CCCCOC(=O)[C@H](CCC)N(COC)C(=O)OC(C)(C)C. The second-order valence-electron chi connectivity index (χ2n) is 6.19. The van der Waals surface area contributed by atoms with Gasteiger partial charge in [-0.1, -0.05) is 26.7 Å². The van der Waals surface area contributed by atoms with Gasteiger partial charge in [-0.3, -0.25) is 4.90 Å². The van der Waals surface area contributed by atoms with E-state index in [9.17, 15) is 9.59 Å². The van der Waals surface area contributed by atoms with E-state index in [2.05, 4.69) is 0 Å². The van der Waals surface area contributed by atoms with Gasteiger partial charge < -0.3 is 14.2 Å². The normalized spacial score (nSPS) is 12.6. The first-order valence-corrected chi connectivity index (χ1v) is 7.92. The summed E-state index contributed by atoms with van der Waals surface area (Å²) in [5.74, 6) is -0.404. The monoisotopic (exact) mass is 317 g/mol. The lowest BCUT2D eigenvalue weighted by molar-refractivity contribution is -0.152. The minimum atomic E-state index is -0.684. The van der Waals surface area contributed by atoms with Crippen LogP contribution in [0.1, 0.15) is 60.3 Å². The van der Waals surface area contributed by atoms with Crippen LogP contribution >= 0.6 is 0 Å². The lowest BCUT2D eigenvalue weighted by Gasteiger charge is -2.31. The first kappa shape index (κ1) is 20.7. The van der Waals surface area contributed by atoms with E-state index in [1.807, 2.05) is 13.8 Å². The molecule has 1 amide bonds. The van der Waals surface area contributed by atoms with E-state index in [-0.39, 0.29) is 6.73 Å². The number of carbonyl (C=O) groups is 2. The van der Waals surface area contributed by atoms with Crippen molar-refractivity contribution >= 4 is 12.1 Å². The van der Waals surface area contributed by atoms with Crippen LogP contribution in [0.2, 0.25) is 0 Å². The average Bonchev–Trinajstić information content (AvgIpc) is 2.40. The fraction of sp³-hybridized carbons (Fsp3) is 0.875. The Bertz CT molecular complexity index is 338. The van der Waals surface area contributed by atoms with Gasteiger partial charge in [0.15, 0.2) is 0 Å². The van der Waals surface area contributed by atoms with E-state index in [1.54, 1.807) is 20.8 Å². The molecule has 0 aliphatic carbocycles. The predicted octanol–water partition coefficient (Wildman–Crippen LogP) is 3.34. The average molecular weight is 317 g/mol. The lowest BCUT2D eigenvalue weighted by Crippen LogP contribution is -2.48. The zero-order valence-corrected chi connectivity index (χ0v) is 14.8. The van der Waals surface area contributed by atoms with Gasteiger partial charge in [0, 0.05) is 7.11 Å². The van der Waals surface area contributed by atoms with E-state index in [4.69, 9.17) is 14.2 Å². The topological polar surface area (TPSA) is 65.1 Å². The summed E-state index contributed by atoms with van der Waals surface area (Å²) in [6.45, 7) is 9.67. The van der Waals surface area contributed by atoms with Gasteiger partial charge in [-0.2, -0.15) is 0 Å². The van der Waals surface area contributed by atoms with E-state index in [0.717, 1.165) is 19.3 Å². The van der Waals surface area contributed by atoms with Gasteiger partial charge in [0.05, 0.1) is 6.61 Å². The number of carbonyl (C=O) groups excluding carboxylic acids is 2. The summed E-state index contributed by atoms with van der Waals surface area (Å²) in [6.07, 6.45) is 2.44. The van der Waals surface area contributed by atoms with Crippen molar-refractivity contribution in [3.8, 4) is 0 Å². The molecule has 0 unspecified atom stereocenters. The van der Waals surface area contributed by atoms with E-state index in [0.29, 0.717) is 13.0 Å². The number of amides is 1. The molecule has 0 spiro atoms. The molecule has 6 heteroatoms. The van der Waals surface area contributed by atoms with Crippen LogP contribution in [0.5, 0.6) is 0 Å². The van der Waals surface area contributed by atoms with Crippen molar-refractivity contribution in [2.45, 2.75) is 71.9 Å². The number of unbranched alkanes of at least 4 members (excludes halogenated alkanes) is 1. The van der Waals surface area contributed by atoms with Crippen molar-refractivity contribution in [1.29, 1.82) is 0 Å². The zero-order chi connectivity index (χ0) is 17.2. The molecular weight excluding hydrogens is 286 g/mol. The molecule has 0 saturated carbocycles. The minimum Gasteiger partial charge on any atom is -0.464 e. The highest BCUT2D eigenvalue weighted by Gasteiger charge is 2.33. The number of hydrogen-bond acceptors (Lipinski definition) is 5. The molecule has 0 aromatic heterocycles. The number of rotatable bonds is 9. The predicted molar refractivity (Wildman–Crippen MR) is 84.5 cm³/mol. The molecule has 0 fully saturated rings. The van der Waals surface area contributed by atoms with Crippen LogP contribution in [-0.4, -0.2) is 49.1 Å². The Morgan fingerprint density at radius 2 is 1.77 bits per heavy atom. The zero-order valence-electron chi connectivity index (χ0n) is 14.8. The van der Waals surface area contributed by atoms with Crippen LogP contribution in [0.15, 0.2) is 0 Å². The number of nitrogens with zero attached hydrogens (tertiary/aromatic N) is 1. The number of methoxy groups -OCH3 is 1. The van der Waals surface area contributed by atoms with Gasteiger partial charge in [0.2, 0.25) is 0 Å². The Labute approximate surface area is 134 Å². The second-order valence-corrected chi connectivity index (χ2v) is 6.19. The number of hydrogen-bond donors (Lipinski definition) is 0. The fourth-order valence-electron chi connectivity index (χ4n) is 1.82. The molecule has 1 atom stereocenters. The standard InChI is InChI=1S/C16H31NO5/c1-7-9-11-21-14(18)13(10-8-2)17(12-20-6)15(19)22-16(3,4)5/h13H,7-12H2,1-6H3/t13-/m0/s1. The number of esters is 1. The van der Waals surface area contributed by atoms with Crippen molar-refractivity contribution < 1.29 is 23.8 Å². The maximum Gasteiger partial charge on any atom is 0.412 e. The van der Waals surface area contributed by atoms with E-state index >= 15 is 0 Å². The van der Waals surface area contributed by atoms with Crippen LogP contribution in [0.3, 0.4) is 0 Å². The second kappa shape index (κ2) is 10.4. The van der Waals surface area contributed by atoms with Crippen LogP contribution < -0.4 is 0 Å². The molecule has 0 aromatic carbocycles. The Kier molecular flexibility index (Phi) is 9.81. The summed E-state index contributed by atoms with van der Waals surface area (Å²) >= 11 is 0. The van der Waals surface area contributed by atoms with Crippen molar-refractivity contribution in [2.75, 3.05) is 20.4 Å². The summed E-state index contributed by atoms with van der Waals surface area (Å²) in [5.41, 5.74) is -0.633. The highest BCUT2D eigenvalue weighted by molar-refractivity contribution is 5.81. The van der Waals surface area contributed by atoms with Gasteiger partial charge >= 0.3 is 12.1 Å². The van der Waals surface area contributed by atoms with Crippen LogP contribution in [0, 0.1) is 0 Å². The molecule has 0 bridgehead atoms. The maximum absolute atomic E-state index is 12.3. The fourth-order valence-corrected chi connectivity index (χ4v) is 1.82. The molecule has 0 N–H and O–H groups in total. The largest absolute Gasteiger partial charge is 0.464 e. The summed E-state index contributed by atoms with van der Waals surface area (Å²) < 4.78 is 15.7. The third-order valence-electron chi connectivity index (χ3n) is 2.85. The first-order chi connectivity index (χ1) is 10.3. The van der Waals surface area contributed by atoms with Gasteiger partial charge in [-0.15, -0.1) is 0 Å². The van der Waals surface area contributed by atoms with Gasteiger partial charge in [0.1, 0.15) is 18.4 Å². The molecule has 0 radical (unpaired) electrons. The lowest BCUT2D eigenvalue weighted by atomic mass is 10.1. The molecule has 0 saturated heterocycles. The Balaban J connectivity index is 4.99. The highest BCUT2D eigenvalue weighted by atomic mass is 16.6. The molecule has 0 aliphatic heterocycles. The Morgan fingerprint density at radius 3 is 2.23 bits per heavy atom. The van der Waals surface area contributed by atoms with Gasteiger partial charge in [-0.05, 0) is 33.6 Å².